The van der Waals surface area contributed by atoms with Gasteiger partial charge in [-0.1, -0.05) is 0 Å². The lowest BCUT2D eigenvalue weighted by Crippen LogP contribution is -2.51. The minimum Gasteiger partial charge on any atom is -0.497 e. The van der Waals surface area contributed by atoms with Crippen molar-refractivity contribution >= 4 is 17.6 Å². The van der Waals surface area contributed by atoms with E-state index in [2.05, 4.69) is 10.6 Å². The summed E-state index contributed by atoms with van der Waals surface area (Å²) in [6.45, 7) is 1.64. The van der Waals surface area contributed by atoms with Gasteiger partial charge in [0.1, 0.15) is 18.1 Å². The molecule has 1 aromatic carbocycles. The van der Waals surface area contributed by atoms with Crippen molar-refractivity contribution in [1.29, 1.82) is 0 Å². The summed E-state index contributed by atoms with van der Waals surface area (Å²) in [7, 11) is 4.65. The van der Waals surface area contributed by atoms with Gasteiger partial charge in [0, 0.05) is 32.8 Å². The van der Waals surface area contributed by atoms with Crippen molar-refractivity contribution in [2.75, 3.05) is 59.5 Å². The molecular formula is C17H25N3O6. The first-order chi connectivity index (χ1) is 12.6. The second-order valence-corrected chi connectivity index (χ2v) is 5.67. The van der Waals surface area contributed by atoms with Crippen LogP contribution in [0.2, 0.25) is 0 Å². The highest BCUT2D eigenvalue weighted by atomic mass is 16.5. The summed E-state index contributed by atoms with van der Waals surface area (Å²) in [6.07, 6.45) is -0.275. The van der Waals surface area contributed by atoms with Gasteiger partial charge in [0.05, 0.1) is 32.6 Å². The maximum Gasteiger partial charge on any atom is 0.319 e. The van der Waals surface area contributed by atoms with Crippen LogP contribution >= 0.6 is 0 Å². The molecule has 2 N–H and O–H groups in total. The molecule has 1 atom stereocenters. The van der Waals surface area contributed by atoms with E-state index in [4.69, 9.17) is 18.9 Å². The zero-order valence-corrected chi connectivity index (χ0v) is 15.2. The van der Waals surface area contributed by atoms with E-state index in [1.54, 1.807) is 37.3 Å². The van der Waals surface area contributed by atoms with Crippen molar-refractivity contribution in [1.82, 2.24) is 10.2 Å². The summed E-state index contributed by atoms with van der Waals surface area (Å²) >= 11 is 0. The van der Waals surface area contributed by atoms with Crippen molar-refractivity contribution in [3.8, 4) is 11.5 Å². The molecule has 144 valence electrons. The Morgan fingerprint density at radius 1 is 1.31 bits per heavy atom. The van der Waals surface area contributed by atoms with Gasteiger partial charge in [0.15, 0.2) is 0 Å². The van der Waals surface area contributed by atoms with Crippen LogP contribution in [0.25, 0.3) is 0 Å². The molecule has 0 aliphatic carbocycles. The van der Waals surface area contributed by atoms with Gasteiger partial charge in [-0.2, -0.15) is 0 Å². The number of methoxy groups -OCH3 is 3. The number of morpholine rings is 1. The minimum absolute atomic E-state index is 0.00138. The number of amides is 3. The van der Waals surface area contributed by atoms with Gasteiger partial charge >= 0.3 is 6.03 Å². The van der Waals surface area contributed by atoms with E-state index in [0.717, 1.165) is 0 Å². The molecule has 1 fully saturated rings. The number of urea groups is 1. The highest BCUT2D eigenvalue weighted by molar-refractivity contribution is 5.91. The third-order valence-corrected chi connectivity index (χ3v) is 3.93. The van der Waals surface area contributed by atoms with Crippen molar-refractivity contribution in [2.45, 2.75) is 6.10 Å². The van der Waals surface area contributed by atoms with Crippen LogP contribution < -0.4 is 20.1 Å². The number of nitrogens with one attached hydrogen (secondary N) is 2. The molecule has 0 saturated carbocycles. The Kier molecular flexibility index (Phi) is 7.49. The lowest BCUT2D eigenvalue weighted by Gasteiger charge is -2.32. The molecular weight excluding hydrogens is 342 g/mol. The Labute approximate surface area is 152 Å². The molecule has 1 heterocycles. The minimum atomic E-state index is -0.402. The molecule has 1 aliphatic heterocycles. The van der Waals surface area contributed by atoms with Crippen LogP contribution in [0.1, 0.15) is 0 Å². The van der Waals surface area contributed by atoms with Gasteiger partial charge in [-0.3, -0.25) is 4.79 Å². The van der Waals surface area contributed by atoms with Crippen molar-refractivity contribution < 1.29 is 28.5 Å². The normalized spacial score (nSPS) is 17.0. The highest BCUT2D eigenvalue weighted by Gasteiger charge is 2.26. The zero-order chi connectivity index (χ0) is 18.9. The van der Waals surface area contributed by atoms with Gasteiger partial charge in [0.25, 0.3) is 0 Å². The van der Waals surface area contributed by atoms with Crippen LogP contribution in [0.4, 0.5) is 10.5 Å². The van der Waals surface area contributed by atoms with Crippen LogP contribution in [0.5, 0.6) is 11.5 Å². The second-order valence-electron chi connectivity index (χ2n) is 5.67. The summed E-state index contributed by atoms with van der Waals surface area (Å²) in [5, 5.41) is 5.46. The van der Waals surface area contributed by atoms with E-state index in [-0.39, 0.29) is 25.2 Å². The molecule has 1 aliphatic rings. The molecule has 9 heteroatoms. The summed E-state index contributed by atoms with van der Waals surface area (Å²) < 4.78 is 20.8. The average Bonchev–Trinajstić information content (AvgIpc) is 2.66. The molecule has 0 spiro atoms. The van der Waals surface area contributed by atoms with Crippen LogP contribution in [-0.2, 0) is 14.3 Å². The molecule has 1 aromatic rings. The van der Waals surface area contributed by atoms with Crippen LogP contribution in [-0.4, -0.2) is 77.1 Å². The van der Waals surface area contributed by atoms with Crippen LogP contribution in [0.3, 0.4) is 0 Å². The topological polar surface area (TPSA) is 98.4 Å². The molecule has 0 aromatic heterocycles. The maximum absolute atomic E-state index is 12.2. The number of ether oxygens (including phenoxy) is 4. The highest BCUT2D eigenvalue weighted by Crippen LogP contribution is 2.28. The predicted molar refractivity (Wildman–Crippen MR) is 94.8 cm³/mol. The summed E-state index contributed by atoms with van der Waals surface area (Å²) in [5.74, 6) is 1.04. The maximum atomic E-state index is 12.2. The largest absolute Gasteiger partial charge is 0.497 e. The fraction of sp³-hybridized carbons (Fsp3) is 0.529. The Morgan fingerprint density at radius 2 is 2.12 bits per heavy atom. The van der Waals surface area contributed by atoms with E-state index < -0.39 is 6.03 Å². The van der Waals surface area contributed by atoms with Crippen molar-refractivity contribution in [3.63, 3.8) is 0 Å². The first-order valence-electron chi connectivity index (χ1n) is 8.22. The fourth-order valence-corrected chi connectivity index (χ4v) is 2.51. The average molecular weight is 367 g/mol. The Hall–Kier alpha value is -2.52. The van der Waals surface area contributed by atoms with Gasteiger partial charge in [-0.05, 0) is 12.1 Å². The first kappa shape index (κ1) is 19.8. The van der Waals surface area contributed by atoms with Gasteiger partial charge in [0.2, 0.25) is 5.91 Å². The third kappa shape index (κ3) is 5.50. The molecule has 3 amide bonds. The SMILES string of the molecule is COCCN1CC(CNC(=O)Nc2cc(OC)ccc2OC)OCC1=O. The lowest BCUT2D eigenvalue weighted by atomic mass is 10.2. The van der Waals surface area contributed by atoms with Gasteiger partial charge in [-0.25, -0.2) is 4.79 Å². The Morgan fingerprint density at radius 3 is 2.81 bits per heavy atom. The van der Waals surface area contributed by atoms with Crippen LogP contribution in [0, 0.1) is 0 Å². The van der Waals surface area contributed by atoms with Gasteiger partial charge < -0.3 is 34.5 Å². The molecule has 1 saturated heterocycles. The number of rotatable bonds is 8. The standard InChI is InChI=1S/C17H25N3O6/c1-23-7-6-20-10-13(26-11-16(20)21)9-18-17(22)19-14-8-12(24-2)4-5-15(14)25-3/h4-5,8,13H,6-7,9-11H2,1-3H3,(H2,18,19,22). The number of benzene rings is 1. The Bertz CT molecular complexity index is 625. The van der Waals surface area contributed by atoms with E-state index in [0.29, 0.717) is 36.9 Å². The summed E-state index contributed by atoms with van der Waals surface area (Å²) in [5.41, 5.74) is 0.491. The van der Waals surface area contributed by atoms with Crippen molar-refractivity contribution in [3.05, 3.63) is 18.2 Å². The molecule has 0 radical (unpaired) electrons. The number of nitrogens with zero attached hydrogens (tertiary/aromatic N) is 1. The van der Waals surface area contributed by atoms with E-state index in [9.17, 15) is 9.59 Å². The molecule has 9 nitrogen and oxygen atoms in total. The monoisotopic (exact) mass is 367 g/mol. The summed E-state index contributed by atoms with van der Waals surface area (Å²) in [6, 6.07) is 4.71. The van der Waals surface area contributed by atoms with Crippen LogP contribution in [0.15, 0.2) is 18.2 Å². The quantitative estimate of drug-likeness (QED) is 0.702. The molecule has 2 rings (SSSR count). The fourth-order valence-electron chi connectivity index (χ4n) is 2.51. The number of carbonyl (C=O) groups is 2. The smallest absolute Gasteiger partial charge is 0.319 e. The molecule has 1 unspecified atom stereocenters. The zero-order valence-electron chi connectivity index (χ0n) is 15.2. The molecule has 0 bridgehead atoms. The van der Waals surface area contributed by atoms with Crippen molar-refractivity contribution in [2.24, 2.45) is 0 Å². The second kappa shape index (κ2) is 9.83. The van der Waals surface area contributed by atoms with E-state index >= 15 is 0 Å². The predicted octanol–water partition coefficient (Wildman–Crippen LogP) is 0.699. The van der Waals surface area contributed by atoms with Gasteiger partial charge in [-0.15, -0.1) is 0 Å². The number of carbonyl (C=O) groups excluding carboxylic acids is 2. The third-order valence-electron chi connectivity index (χ3n) is 3.93. The Balaban J connectivity index is 1.86. The summed E-state index contributed by atoms with van der Waals surface area (Å²) in [4.78, 5) is 25.6. The lowest BCUT2D eigenvalue weighted by molar-refractivity contribution is -0.149. The van der Waals surface area contributed by atoms with E-state index in [1.807, 2.05) is 0 Å². The first-order valence-corrected chi connectivity index (χ1v) is 8.22. The molecule has 26 heavy (non-hydrogen) atoms. The van der Waals surface area contributed by atoms with E-state index in [1.165, 1.54) is 7.11 Å². The number of hydrogen-bond donors (Lipinski definition) is 2. The number of anilines is 1. The number of hydrogen-bond acceptors (Lipinski definition) is 6.